The maximum atomic E-state index is 13.9. The molecule has 3 nitrogen and oxygen atoms in total. The highest BCUT2D eigenvalue weighted by molar-refractivity contribution is 6.39. The molecule has 0 radical (unpaired) electrons. The molecule has 0 unspecified atom stereocenters. The van der Waals surface area contributed by atoms with Gasteiger partial charge in [0.15, 0.2) is 5.82 Å². The molecule has 2 aromatic carbocycles. The van der Waals surface area contributed by atoms with Crippen LogP contribution in [0, 0.1) is 11.6 Å². The molecule has 2 amide bonds. The Kier molecular flexibility index (Phi) is 2.79. The first-order chi connectivity index (χ1) is 9.50. The predicted molar refractivity (Wildman–Crippen MR) is 69.0 cm³/mol. The monoisotopic (exact) mass is 293 g/mol. The van der Waals surface area contributed by atoms with E-state index >= 15 is 0 Å². The van der Waals surface area contributed by atoms with Gasteiger partial charge in [0, 0.05) is 6.07 Å². The van der Waals surface area contributed by atoms with Gasteiger partial charge in [-0.05, 0) is 18.2 Å². The number of carbonyl (C=O) groups is 2. The molecule has 1 heterocycles. The fourth-order valence-electron chi connectivity index (χ4n) is 2.14. The van der Waals surface area contributed by atoms with Gasteiger partial charge in [-0.2, -0.15) is 0 Å². The number of benzene rings is 2. The minimum atomic E-state index is -1.07. The Morgan fingerprint density at radius 1 is 0.950 bits per heavy atom. The first-order valence-electron chi connectivity index (χ1n) is 5.63. The maximum Gasteiger partial charge on any atom is 0.266 e. The number of nitrogens with zero attached hydrogens (tertiary/aromatic N) is 1. The molecule has 0 aromatic heterocycles. The molecular formula is C14H6ClF2NO2. The number of hydrogen-bond acceptors (Lipinski definition) is 2. The number of hydrogen-bond donors (Lipinski definition) is 0. The summed E-state index contributed by atoms with van der Waals surface area (Å²) in [6, 6.07) is 7.54. The molecule has 0 bridgehead atoms. The fraction of sp³-hybridized carbons (Fsp3) is 0. The lowest BCUT2D eigenvalue weighted by molar-refractivity contribution is 0.0925. The van der Waals surface area contributed by atoms with E-state index < -0.39 is 29.1 Å². The van der Waals surface area contributed by atoms with E-state index in [1.807, 2.05) is 0 Å². The van der Waals surface area contributed by atoms with Crippen LogP contribution in [0.2, 0.25) is 5.02 Å². The molecule has 1 aliphatic heterocycles. The van der Waals surface area contributed by atoms with Crippen molar-refractivity contribution in [1.82, 2.24) is 0 Å². The van der Waals surface area contributed by atoms with Crippen LogP contribution >= 0.6 is 11.6 Å². The number of halogens is 3. The average molecular weight is 294 g/mol. The van der Waals surface area contributed by atoms with E-state index in [1.54, 1.807) is 12.1 Å². The van der Waals surface area contributed by atoms with Crippen LogP contribution in [0.3, 0.4) is 0 Å². The third-order valence-electron chi connectivity index (χ3n) is 3.00. The molecule has 0 spiro atoms. The van der Waals surface area contributed by atoms with Crippen LogP contribution in [0.15, 0.2) is 36.4 Å². The van der Waals surface area contributed by atoms with Gasteiger partial charge in [0.25, 0.3) is 11.8 Å². The van der Waals surface area contributed by atoms with Gasteiger partial charge in [-0.25, -0.2) is 13.7 Å². The second-order valence-electron chi connectivity index (χ2n) is 4.21. The summed E-state index contributed by atoms with van der Waals surface area (Å²) < 4.78 is 26.9. The molecule has 2 aromatic rings. The largest absolute Gasteiger partial charge is 0.268 e. The zero-order valence-corrected chi connectivity index (χ0v) is 10.6. The third-order valence-corrected chi connectivity index (χ3v) is 3.29. The summed E-state index contributed by atoms with van der Waals surface area (Å²) in [6.45, 7) is 0. The quantitative estimate of drug-likeness (QED) is 0.756. The Morgan fingerprint density at radius 3 is 2.00 bits per heavy atom. The standard InChI is InChI=1S/C14H6ClF2NO2/c15-10-5-7(16)6-11(17)12(10)18-13(19)8-3-1-2-4-9(8)14(18)20/h1-6H. The predicted octanol–water partition coefficient (Wildman–Crippen LogP) is 3.42. The summed E-state index contributed by atoms with van der Waals surface area (Å²) in [4.78, 5) is 25.0. The van der Waals surface area contributed by atoms with Crippen molar-refractivity contribution in [3.63, 3.8) is 0 Å². The van der Waals surface area contributed by atoms with Gasteiger partial charge in [0.05, 0.1) is 16.1 Å². The Hall–Kier alpha value is -2.27. The van der Waals surface area contributed by atoms with Gasteiger partial charge in [0.1, 0.15) is 11.5 Å². The van der Waals surface area contributed by atoms with E-state index in [0.29, 0.717) is 11.0 Å². The van der Waals surface area contributed by atoms with E-state index in [-0.39, 0.29) is 16.1 Å². The molecule has 0 saturated heterocycles. The molecule has 100 valence electrons. The minimum absolute atomic E-state index is 0.164. The van der Waals surface area contributed by atoms with E-state index in [1.165, 1.54) is 12.1 Å². The van der Waals surface area contributed by atoms with Crippen LogP contribution in [0.25, 0.3) is 0 Å². The summed E-state index contributed by atoms with van der Waals surface area (Å²) >= 11 is 5.76. The molecule has 3 rings (SSSR count). The topological polar surface area (TPSA) is 37.4 Å². The Morgan fingerprint density at radius 2 is 1.50 bits per heavy atom. The number of amides is 2. The highest BCUT2D eigenvalue weighted by Gasteiger charge is 2.38. The van der Waals surface area contributed by atoms with E-state index in [0.717, 1.165) is 6.07 Å². The van der Waals surface area contributed by atoms with Crippen LogP contribution in [0.5, 0.6) is 0 Å². The minimum Gasteiger partial charge on any atom is -0.268 e. The van der Waals surface area contributed by atoms with E-state index in [4.69, 9.17) is 11.6 Å². The Labute approximate surface area is 117 Å². The summed E-state index contributed by atoms with van der Waals surface area (Å²) in [5.74, 6) is -3.31. The van der Waals surface area contributed by atoms with E-state index in [9.17, 15) is 18.4 Å². The number of anilines is 1. The van der Waals surface area contributed by atoms with Crippen molar-refractivity contribution in [3.8, 4) is 0 Å². The van der Waals surface area contributed by atoms with Crippen molar-refractivity contribution < 1.29 is 18.4 Å². The molecule has 0 atom stereocenters. The van der Waals surface area contributed by atoms with Crippen LogP contribution in [-0.2, 0) is 0 Å². The number of fused-ring (bicyclic) bond motifs is 1. The van der Waals surface area contributed by atoms with Gasteiger partial charge >= 0.3 is 0 Å². The van der Waals surface area contributed by atoms with Crippen LogP contribution < -0.4 is 4.90 Å². The molecule has 6 heteroatoms. The second kappa shape index (κ2) is 4.38. The Bertz CT molecular complexity index is 703. The normalized spacial score (nSPS) is 13.8. The summed E-state index contributed by atoms with van der Waals surface area (Å²) in [6.07, 6.45) is 0. The summed E-state index contributed by atoms with van der Waals surface area (Å²) in [5.41, 5.74) is -0.103. The van der Waals surface area contributed by atoms with Crippen LogP contribution in [0.4, 0.5) is 14.5 Å². The molecule has 0 aliphatic carbocycles. The first-order valence-corrected chi connectivity index (χ1v) is 6.01. The lowest BCUT2D eigenvalue weighted by Gasteiger charge is -2.16. The summed E-state index contributed by atoms with van der Waals surface area (Å²) in [5, 5.41) is -0.336. The number of rotatable bonds is 1. The van der Waals surface area contributed by atoms with Crippen LogP contribution in [-0.4, -0.2) is 11.8 Å². The lowest BCUT2D eigenvalue weighted by Crippen LogP contribution is -2.30. The van der Waals surface area contributed by atoms with Gasteiger partial charge in [0.2, 0.25) is 0 Å². The zero-order valence-electron chi connectivity index (χ0n) is 9.86. The zero-order chi connectivity index (χ0) is 14.4. The summed E-state index contributed by atoms with van der Waals surface area (Å²) in [7, 11) is 0. The van der Waals surface area contributed by atoms with Crippen molar-refractivity contribution in [2.24, 2.45) is 0 Å². The van der Waals surface area contributed by atoms with Crippen molar-refractivity contribution in [2.75, 3.05) is 4.90 Å². The van der Waals surface area contributed by atoms with Crippen molar-refractivity contribution in [1.29, 1.82) is 0 Å². The molecule has 0 fully saturated rings. The second-order valence-corrected chi connectivity index (χ2v) is 4.62. The highest BCUT2D eigenvalue weighted by Crippen LogP contribution is 2.35. The number of carbonyl (C=O) groups excluding carboxylic acids is 2. The van der Waals surface area contributed by atoms with Crippen LogP contribution in [0.1, 0.15) is 20.7 Å². The number of imide groups is 1. The molecule has 0 N–H and O–H groups in total. The highest BCUT2D eigenvalue weighted by atomic mass is 35.5. The van der Waals surface area contributed by atoms with Crippen molar-refractivity contribution >= 4 is 29.1 Å². The van der Waals surface area contributed by atoms with E-state index in [2.05, 4.69) is 0 Å². The molecule has 1 aliphatic rings. The molecule has 0 saturated carbocycles. The smallest absolute Gasteiger partial charge is 0.266 e. The lowest BCUT2D eigenvalue weighted by atomic mass is 10.1. The molecule has 20 heavy (non-hydrogen) atoms. The van der Waals surface area contributed by atoms with Gasteiger partial charge in [-0.3, -0.25) is 9.59 Å². The molecular weight excluding hydrogens is 288 g/mol. The average Bonchev–Trinajstić information content (AvgIpc) is 2.64. The van der Waals surface area contributed by atoms with Crippen molar-refractivity contribution in [2.45, 2.75) is 0 Å². The van der Waals surface area contributed by atoms with Gasteiger partial charge in [-0.1, -0.05) is 23.7 Å². The van der Waals surface area contributed by atoms with Gasteiger partial charge < -0.3 is 0 Å². The SMILES string of the molecule is O=C1c2ccccc2C(=O)N1c1c(F)cc(F)cc1Cl. The van der Waals surface area contributed by atoms with Crippen molar-refractivity contribution in [3.05, 3.63) is 64.2 Å². The Balaban J connectivity index is 2.19. The maximum absolute atomic E-state index is 13.9. The first kappa shape index (κ1) is 12.7. The third kappa shape index (κ3) is 1.71. The van der Waals surface area contributed by atoms with Gasteiger partial charge in [-0.15, -0.1) is 0 Å². The fourth-order valence-corrected chi connectivity index (χ4v) is 2.42.